The second-order valence-electron chi connectivity index (χ2n) is 5.27. The van der Waals surface area contributed by atoms with E-state index >= 15 is 0 Å². The first kappa shape index (κ1) is 16.3. The van der Waals surface area contributed by atoms with Gasteiger partial charge in [-0.1, -0.05) is 24.3 Å². The molecule has 0 atom stereocenters. The Labute approximate surface area is 136 Å². The lowest BCUT2D eigenvalue weighted by molar-refractivity contribution is -0.137. The Morgan fingerprint density at radius 1 is 1.00 bits per heavy atom. The predicted octanol–water partition coefficient (Wildman–Crippen LogP) is 4.32. The van der Waals surface area contributed by atoms with Crippen LogP contribution in [0.4, 0.5) is 13.2 Å². The number of hydrogen-bond donors (Lipinski definition) is 1. The molecule has 0 unspecified atom stereocenters. The molecular weight excluding hydrogens is 319 g/mol. The molecule has 0 bridgehead atoms. The van der Waals surface area contributed by atoms with Gasteiger partial charge < -0.3 is 9.84 Å². The Morgan fingerprint density at radius 3 is 2.38 bits per heavy atom. The number of rotatable bonds is 4. The van der Waals surface area contributed by atoms with Crippen molar-refractivity contribution in [1.29, 1.82) is 0 Å². The van der Waals surface area contributed by atoms with Gasteiger partial charge in [0.15, 0.2) is 0 Å². The van der Waals surface area contributed by atoms with Crippen molar-refractivity contribution in [3.63, 3.8) is 0 Å². The molecule has 0 saturated carbocycles. The SMILES string of the molecule is OCc1cc(OCc2ccc(C(F)(F)F)cc2)c2ccccc2n1. The van der Waals surface area contributed by atoms with Crippen molar-refractivity contribution in [2.75, 3.05) is 0 Å². The van der Waals surface area contributed by atoms with E-state index < -0.39 is 11.7 Å². The summed E-state index contributed by atoms with van der Waals surface area (Å²) in [5.41, 5.74) is 1.08. The number of benzene rings is 2. The van der Waals surface area contributed by atoms with Gasteiger partial charge in [-0.3, -0.25) is 4.98 Å². The molecule has 0 spiro atoms. The van der Waals surface area contributed by atoms with Crippen LogP contribution < -0.4 is 4.74 Å². The van der Waals surface area contributed by atoms with Crippen LogP contribution in [0.2, 0.25) is 0 Å². The van der Waals surface area contributed by atoms with Crippen LogP contribution in [-0.2, 0) is 19.4 Å². The van der Waals surface area contributed by atoms with Crippen LogP contribution in [0.25, 0.3) is 10.9 Å². The van der Waals surface area contributed by atoms with Gasteiger partial charge >= 0.3 is 6.18 Å². The number of alkyl halides is 3. The molecule has 24 heavy (non-hydrogen) atoms. The minimum Gasteiger partial charge on any atom is -0.488 e. The average Bonchev–Trinajstić information content (AvgIpc) is 2.59. The fourth-order valence-corrected chi connectivity index (χ4v) is 2.35. The number of pyridine rings is 1. The molecule has 3 nitrogen and oxygen atoms in total. The molecule has 2 aromatic carbocycles. The Balaban J connectivity index is 1.83. The second kappa shape index (κ2) is 6.49. The van der Waals surface area contributed by atoms with Crippen LogP contribution in [-0.4, -0.2) is 10.1 Å². The van der Waals surface area contributed by atoms with E-state index in [1.54, 1.807) is 12.1 Å². The van der Waals surface area contributed by atoms with Gasteiger partial charge in [0.1, 0.15) is 12.4 Å². The monoisotopic (exact) mass is 333 g/mol. The summed E-state index contributed by atoms with van der Waals surface area (Å²) in [5.74, 6) is 0.532. The summed E-state index contributed by atoms with van der Waals surface area (Å²) in [7, 11) is 0. The molecule has 3 rings (SSSR count). The Morgan fingerprint density at radius 2 is 1.71 bits per heavy atom. The number of aliphatic hydroxyl groups is 1. The van der Waals surface area contributed by atoms with E-state index in [9.17, 15) is 18.3 Å². The highest BCUT2D eigenvalue weighted by Crippen LogP contribution is 2.30. The van der Waals surface area contributed by atoms with Crippen LogP contribution in [0.15, 0.2) is 54.6 Å². The summed E-state index contributed by atoms with van der Waals surface area (Å²) in [4.78, 5) is 4.29. The minimum absolute atomic E-state index is 0.122. The van der Waals surface area contributed by atoms with Gasteiger partial charge in [-0.2, -0.15) is 13.2 Å². The number of para-hydroxylation sites is 1. The fraction of sp³-hybridized carbons (Fsp3) is 0.167. The van der Waals surface area contributed by atoms with Gasteiger partial charge in [0.2, 0.25) is 0 Å². The van der Waals surface area contributed by atoms with Crippen molar-refractivity contribution in [2.24, 2.45) is 0 Å². The van der Waals surface area contributed by atoms with Crippen molar-refractivity contribution in [3.8, 4) is 5.75 Å². The first-order chi connectivity index (χ1) is 11.5. The van der Waals surface area contributed by atoms with Crippen LogP contribution in [0, 0.1) is 0 Å². The van der Waals surface area contributed by atoms with Crippen LogP contribution >= 0.6 is 0 Å². The van der Waals surface area contributed by atoms with Crippen molar-refractivity contribution >= 4 is 10.9 Å². The molecule has 1 heterocycles. The molecule has 0 aliphatic heterocycles. The molecule has 0 fully saturated rings. The minimum atomic E-state index is -4.35. The topological polar surface area (TPSA) is 42.4 Å². The Bertz CT molecular complexity index is 845. The average molecular weight is 333 g/mol. The van der Waals surface area contributed by atoms with Crippen LogP contribution in [0.3, 0.4) is 0 Å². The highest BCUT2D eigenvalue weighted by atomic mass is 19.4. The van der Waals surface area contributed by atoms with Gasteiger partial charge in [-0.25, -0.2) is 0 Å². The van der Waals surface area contributed by atoms with E-state index in [-0.39, 0.29) is 13.2 Å². The number of fused-ring (bicyclic) bond motifs is 1. The number of nitrogens with zero attached hydrogens (tertiary/aromatic N) is 1. The molecule has 124 valence electrons. The van der Waals surface area contributed by atoms with Gasteiger partial charge in [-0.15, -0.1) is 0 Å². The summed E-state index contributed by atoms with van der Waals surface area (Å²) < 4.78 is 43.4. The third kappa shape index (κ3) is 3.49. The van der Waals surface area contributed by atoms with Crippen molar-refractivity contribution in [3.05, 3.63) is 71.4 Å². The zero-order valence-electron chi connectivity index (χ0n) is 12.5. The summed E-state index contributed by atoms with van der Waals surface area (Å²) in [6.45, 7) is -0.0987. The number of halogens is 3. The van der Waals surface area contributed by atoms with Crippen LogP contribution in [0.5, 0.6) is 5.75 Å². The summed E-state index contributed by atoms with van der Waals surface area (Å²) in [6.07, 6.45) is -4.35. The van der Waals surface area contributed by atoms with Crippen LogP contribution in [0.1, 0.15) is 16.8 Å². The van der Waals surface area contributed by atoms with Gasteiger partial charge in [0, 0.05) is 11.5 Å². The Kier molecular flexibility index (Phi) is 4.40. The normalized spacial score (nSPS) is 11.7. The largest absolute Gasteiger partial charge is 0.488 e. The summed E-state index contributed by atoms with van der Waals surface area (Å²) >= 11 is 0. The van der Waals surface area contributed by atoms with E-state index in [2.05, 4.69) is 4.98 Å². The molecule has 1 N–H and O–H groups in total. The fourth-order valence-electron chi connectivity index (χ4n) is 2.35. The van der Waals surface area contributed by atoms with E-state index in [0.717, 1.165) is 17.5 Å². The number of ether oxygens (including phenoxy) is 1. The maximum absolute atomic E-state index is 12.6. The summed E-state index contributed by atoms with van der Waals surface area (Å²) in [6, 6.07) is 13.8. The van der Waals surface area contributed by atoms with Crippen molar-refractivity contribution in [1.82, 2.24) is 4.98 Å². The molecular formula is C18H14F3NO2. The summed E-state index contributed by atoms with van der Waals surface area (Å²) in [5, 5.41) is 10.1. The third-order valence-corrected chi connectivity index (χ3v) is 3.57. The van der Waals surface area contributed by atoms with Crippen molar-refractivity contribution < 1.29 is 23.0 Å². The van der Waals surface area contributed by atoms with Crippen molar-refractivity contribution in [2.45, 2.75) is 19.4 Å². The Hall–Kier alpha value is -2.60. The molecule has 3 aromatic rings. The second-order valence-corrected chi connectivity index (χ2v) is 5.27. The van der Waals surface area contributed by atoms with E-state index in [4.69, 9.17) is 4.74 Å². The quantitative estimate of drug-likeness (QED) is 0.773. The third-order valence-electron chi connectivity index (χ3n) is 3.57. The van der Waals surface area contributed by atoms with Gasteiger partial charge in [0.05, 0.1) is 23.4 Å². The van der Waals surface area contributed by atoms with Gasteiger partial charge in [0.25, 0.3) is 0 Å². The highest BCUT2D eigenvalue weighted by molar-refractivity contribution is 5.85. The maximum Gasteiger partial charge on any atom is 0.416 e. The number of aromatic nitrogens is 1. The lowest BCUT2D eigenvalue weighted by Crippen LogP contribution is -2.05. The molecule has 0 amide bonds. The first-order valence-electron chi connectivity index (χ1n) is 7.26. The molecule has 0 saturated heterocycles. The lowest BCUT2D eigenvalue weighted by atomic mass is 10.1. The zero-order valence-corrected chi connectivity index (χ0v) is 12.5. The molecule has 0 aliphatic rings. The van der Waals surface area contributed by atoms with Gasteiger partial charge in [-0.05, 0) is 29.8 Å². The molecule has 6 heteroatoms. The van der Waals surface area contributed by atoms with E-state index in [0.29, 0.717) is 22.5 Å². The lowest BCUT2D eigenvalue weighted by Gasteiger charge is -2.12. The molecule has 0 aliphatic carbocycles. The zero-order chi connectivity index (χ0) is 17.2. The smallest absolute Gasteiger partial charge is 0.416 e. The standard InChI is InChI=1S/C18H14F3NO2/c19-18(20,21)13-7-5-12(6-8-13)11-24-17-9-14(10-23)22-16-4-2-1-3-15(16)17/h1-9,23H,10-11H2. The van der Waals surface area contributed by atoms with E-state index in [1.807, 2.05) is 18.2 Å². The maximum atomic E-state index is 12.6. The molecule has 0 radical (unpaired) electrons. The number of aliphatic hydroxyl groups excluding tert-OH is 1. The number of hydrogen-bond acceptors (Lipinski definition) is 3. The highest BCUT2D eigenvalue weighted by Gasteiger charge is 2.29. The first-order valence-corrected chi connectivity index (χ1v) is 7.26. The molecule has 1 aromatic heterocycles. The predicted molar refractivity (Wildman–Crippen MR) is 83.4 cm³/mol. The van der Waals surface area contributed by atoms with E-state index in [1.165, 1.54) is 12.1 Å².